The molecule has 0 saturated heterocycles. The third-order valence-electron chi connectivity index (χ3n) is 3.99. The van der Waals surface area contributed by atoms with Crippen molar-refractivity contribution in [1.29, 1.82) is 0 Å². The molecule has 3 aromatic rings. The Bertz CT molecular complexity index is 797. The van der Waals surface area contributed by atoms with E-state index < -0.39 is 0 Å². The monoisotopic (exact) mass is 297 g/mol. The molecular formula is C17H19N3O2. The maximum absolute atomic E-state index is 12.5. The number of aromatic nitrogens is 2. The molecule has 0 fully saturated rings. The van der Waals surface area contributed by atoms with Gasteiger partial charge in [0.05, 0.1) is 12.2 Å². The molecule has 5 nitrogen and oxygen atoms in total. The molecule has 22 heavy (non-hydrogen) atoms. The zero-order valence-electron chi connectivity index (χ0n) is 13.0. The van der Waals surface area contributed by atoms with Crippen molar-refractivity contribution in [2.75, 3.05) is 7.05 Å². The average Bonchev–Trinajstić information content (AvgIpc) is 3.06. The standard InChI is InChI=1S/C17H19N3O2/c1-12-15(13(2)22-18-12)10-19(3)17(21)11-20-9-8-14-6-4-5-7-16(14)20/h4-9H,10-11H2,1-3H3. The lowest BCUT2D eigenvalue weighted by Gasteiger charge is -2.17. The van der Waals surface area contributed by atoms with Crippen molar-refractivity contribution in [2.24, 2.45) is 0 Å². The van der Waals surface area contributed by atoms with Gasteiger partial charge in [0.25, 0.3) is 0 Å². The lowest BCUT2D eigenvalue weighted by Crippen LogP contribution is -2.29. The summed E-state index contributed by atoms with van der Waals surface area (Å²) in [5, 5.41) is 5.07. The first-order chi connectivity index (χ1) is 10.6. The third kappa shape index (κ3) is 2.62. The highest BCUT2D eigenvalue weighted by atomic mass is 16.5. The van der Waals surface area contributed by atoms with Crippen LogP contribution in [0.5, 0.6) is 0 Å². The Morgan fingerprint density at radius 1 is 1.27 bits per heavy atom. The van der Waals surface area contributed by atoms with E-state index >= 15 is 0 Å². The molecule has 0 aliphatic rings. The topological polar surface area (TPSA) is 51.3 Å². The SMILES string of the molecule is Cc1noc(C)c1CN(C)C(=O)Cn1ccc2ccccc21. The number of benzene rings is 1. The Balaban J connectivity index is 1.74. The number of rotatable bonds is 4. The van der Waals surface area contributed by atoms with Crippen LogP contribution in [0.1, 0.15) is 17.0 Å². The second kappa shape index (κ2) is 5.67. The summed E-state index contributed by atoms with van der Waals surface area (Å²) in [6.45, 7) is 4.60. The third-order valence-corrected chi connectivity index (χ3v) is 3.99. The average molecular weight is 297 g/mol. The highest BCUT2D eigenvalue weighted by Crippen LogP contribution is 2.17. The largest absolute Gasteiger partial charge is 0.361 e. The molecule has 1 aromatic carbocycles. The summed E-state index contributed by atoms with van der Waals surface area (Å²) in [7, 11) is 1.81. The van der Waals surface area contributed by atoms with Gasteiger partial charge in [0.1, 0.15) is 12.3 Å². The smallest absolute Gasteiger partial charge is 0.242 e. The number of fused-ring (bicyclic) bond motifs is 1. The minimum absolute atomic E-state index is 0.0568. The molecule has 0 bridgehead atoms. The number of aryl methyl sites for hydroxylation is 2. The van der Waals surface area contributed by atoms with Crippen molar-refractivity contribution in [1.82, 2.24) is 14.6 Å². The van der Waals surface area contributed by atoms with Gasteiger partial charge in [-0.05, 0) is 31.4 Å². The van der Waals surface area contributed by atoms with Crippen molar-refractivity contribution in [3.8, 4) is 0 Å². The fraction of sp³-hybridized carbons (Fsp3) is 0.294. The summed E-state index contributed by atoms with van der Waals surface area (Å²) in [5.74, 6) is 0.824. The van der Waals surface area contributed by atoms with Gasteiger partial charge in [-0.2, -0.15) is 0 Å². The summed E-state index contributed by atoms with van der Waals surface area (Å²) >= 11 is 0. The Morgan fingerprint density at radius 3 is 2.77 bits per heavy atom. The van der Waals surface area contributed by atoms with Crippen molar-refractivity contribution in [3.05, 3.63) is 53.5 Å². The maximum atomic E-state index is 12.5. The number of hydrogen-bond donors (Lipinski definition) is 0. The van der Waals surface area contributed by atoms with Crippen molar-refractivity contribution in [2.45, 2.75) is 26.9 Å². The molecule has 0 spiro atoms. The molecule has 1 amide bonds. The molecule has 0 aliphatic heterocycles. The molecule has 0 atom stereocenters. The normalized spacial score (nSPS) is 11.0. The van der Waals surface area contributed by atoms with Crippen LogP contribution in [0.4, 0.5) is 0 Å². The Hall–Kier alpha value is -2.56. The van der Waals surface area contributed by atoms with Gasteiger partial charge < -0.3 is 14.0 Å². The molecule has 5 heteroatoms. The summed E-state index contributed by atoms with van der Waals surface area (Å²) < 4.78 is 7.12. The lowest BCUT2D eigenvalue weighted by atomic mass is 10.2. The van der Waals surface area contributed by atoms with Crippen LogP contribution in [0, 0.1) is 13.8 Å². The first kappa shape index (κ1) is 14.4. The number of amides is 1. The molecule has 114 valence electrons. The molecule has 3 rings (SSSR count). The Morgan fingerprint density at radius 2 is 2.05 bits per heavy atom. The number of carbonyl (C=O) groups excluding carboxylic acids is 1. The first-order valence-corrected chi connectivity index (χ1v) is 7.26. The first-order valence-electron chi connectivity index (χ1n) is 7.26. The van der Waals surface area contributed by atoms with E-state index in [4.69, 9.17) is 4.52 Å². The molecular weight excluding hydrogens is 278 g/mol. The molecule has 0 unspecified atom stereocenters. The van der Waals surface area contributed by atoms with E-state index in [-0.39, 0.29) is 5.91 Å². The minimum Gasteiger partial charge on any atom is -0.361 e. The number of carbonyl (C=O) groups is 1. The fourth-order valence-corrected chi connectivity index (χ4v) is 2.60. The summed E-state index contributed by atoms with van der Waals surface area (Å²) in [4.78, 5) is 14.2. The number of para-hydroxylation sites is 1. The van der Waals surface area contributed by atoms with Gasteiger partial charge in [-0.15, -0.1) is 0 Å². The number of nitrogens with zero attached hydrogens (tertiary/aromatic N) is 3. The Kier molecular flexibility index (Phi) is 3.71. The van der Waals surface area contributed by atoms with Crippen LogP contribution >= 0.6 is 0 Å². The summed E-state index contributed by atoms with van der Waals surface area (Å²) in [5.41, 5.74) is 2.89. The van der Waals surface area contributed by atoms with Gasteiger partial charge in [0.2, 0.25) is 5.91 Å². The predicted octanol–water partition coefficient (Wildman–Crippen LogP) is 2.90. The van der Waals surface area contributed by atoms with Crippen LogP contribution < -0.4 is 0 Å². The van der Waals surface area contributed by atoms with E-state index in [1.165, 1.54) is 0 Å². The van der Waals surface area contributed by atoms with Gasteiger partial charge in [-0.3, -0.25) is 4.79 Å². The highest BCUT2D eigenvalue weighted by molar-refractivity contribution is 5.83. The summed E-state index contributed by atoms with van der Waals surface area (Å²) in [6, 6.07) is 10.1. The zero-order valence-corrected chi connectivity index (χ0v) is 13.0. The molecule has 0 N–H and O–H groups in total. The molecule has 2 aromatic heterocycles. The zero-order chi connectivity index (χ0) is 15.7. The van der Waals surface area contributed by atoms with Crippen molar-refractivity contribution in [3.63, 3.8) is 0 Å². The summed E-state index contributed by atoms with van der Waals surface area (Å²) in [6.07, 6.45) is 1.95. The molecule has 0 aliphatic carbocycles. The quantitative estimate of drug-likeness (QED) is 0.744. The van der Waals surface area contributed by atoms with Crippen LogP contribution in [0.2, 0.25) is 0 Å². The number of hydrogen-bond acceptors (Lipinski definition) is 3. The van der Waals surface area contributed by atoms with E-state index in [2.05, 4.69) is 5.16 Å². The van der Waals surface area contributed by atoms with Crippen LogP contribution in [0.25, 0.3) is 10.9 Å². The van der Waals surface area contributed by atoms with Gasteiger partial charge in [-0.25, -0.2) is 0 Å². The Labute approximate surface area is 129 Å². The second-order valence-electron chi connectivity index (χ2n) is 5.55. The van der Waals surface area contributed by atoms with E-state index in [9.17, 15) is 4.79 Å². The highest BCUT2D eigenvalue weighted by Gasteiger charge is 2.16. The van der Waals surface area contributed by atoms with Crippen LogP contribution in [-0.4, -0.2) is 27.6 Å². The van der Waals surface area contributed by atoms with E-state index in [1.807, 2.05) is 54.9 Å². The maximum Gasteiger partial charge on any atom is 0.242 e. The van der Waals surface area contributed by atoms with Gasteiger partial charge in [0.15, 0.2) is 0 Å². The van der Waals surface area contributed by atoms with Crippen LogP contribution in [0.15, 0.2) is 41.1 Å². The lowest BCUT2D eigenvalue weighted by molar-refractivity contribution is -0.131. The van der Waals surface area contributed by atoms with Gasteiger partial charge >= 0.3 is 0 Å². The van der Waals surface area contributed by atoms with Crippen molar-refractivity contribution >= 4 is 16.8 Å². The van der Waals surface area contributed by atoms with E-state index in [1.54, 1.807) is 11.9 Å². The van der Waals surface area contributed by atoms with Crippen molar-refractivity contribution < 1.29 is 9.32 Å². The van der Waals surface area contributed by atoms with Gasteiger partial charge in [-0.1, -0.05) is 23.4 Å². The fourth-order valence-electron chi connectivity index (χ4n) is 2.60. The molecule has 2 heterocycles. The molecule has 0 radical (unpaired) electrons. The van der Waals surface area contributed by atoms with Crippen LogP contribution in [-0.2, 0) is 17.9 Å². The molecule has 0 saturated carbocycles. The van der Waals surface area contributed by atoms with Gasteiger partial charge in [0, 0.05) is 24.3 Å². The van der Waals surface area contributed by atoms with E-state index in [0.717, 1.165) is 27.9 Å². The van der Waals surface area contributed by atoms with E-state index in [0.29, 0.717) is 13.1 Å². The number of likely N-dealkylation sites (N-methyl/N-ethyl adjacent to an activating group) is 1. The second-order valence-corrected chi connectivity index (χ2v) is 5.55. The predicted molar refractivity (Wildman–Crippen MR) is 84.4 cm³/mol. The minimum atomic E-state index is 0.0568. The van der Waals surface area contributed by atoms with Crippen LogP contribution in [0.3, 0.4) is 0 Å².